The van der Waals surface area contributed by atoms with E-state index in [1.807, 2.05) is 79.7 Å². The molecule has 5 heteroatoms. The van der Waals surface area contributed by atoms with Gasteiger partial charge in [0.15, 0.2) is 12.4 Å². The summed E-state index contributed by atoms with van der Waals surface area (Å²) in [6.45, 7) is 1.69. The zero-order valence-corrected chi connectivity index (χ0v) is 20.0. The molecule has 0 N–H and O–H groups in total. The fourth-order valence-electron chi connectivity index (χ4n) is 4.21. The predicted octanol–water partition coefficient (Wildman–Crippen LogP) is 6.71. The maximum absolute atomic E-state index is 12.8. The molecule has 4 aromatic carbocycles. The van der Waals surface area contributed by atoms with Gasteiger partial charge in [0.2, 0.25) is 0 Å². The first-order valence-electron chi connectivity index (χ1n) is 11.6. The van der Waals surface area contributed by atoms with Crippen LogP contribution in [0.15, 0.2) is 106 Å². The molecule has 1 aromatic heterocycles. The summed E-state index contributed by atoms with van der Waals surface area (Å²) in [7, 11) is 1.61. The molecule has 0 fully saturated rings. The zero-order chi connectivity index (χ0) is 25.1. The van der Waals surface area contributed by atoms with E-state index < -0.39 is 5.63 Å². The Labute approximate surface area is 208 Å². The van der Waals surface area contributed by atoms with E-state index in [4.69, 9.17) is 13.9 Å². The Balaban J connectivity index is 1.37. The molecule has 5 nitrogen and oxygen atoms in total. The van der Waals surface area contributed by atoms with Gasteiger partial charge in [-0.1, -0.05) is 66.7 Å². The lowest BCUT2D eigenvalue weighted by Crippen LogP contribution is -2.12. The number of aryl methyl sites for hydroxylation is 1. The molecule has 0 bridgehead atoms. The van der Waals surface area contributed by atoms with Crippen molar-refractivity contribution in [1.82, 2.24) is 0 Å². The molecular weight excluding hydrogens is 452 g/mol. The first kappa shape index (κ1) is 23.1. The Hall–Kier alpha value is -4.64. The van der Waals surface area contributed by atoms with Gasteiger partial charge in [-0.25, -0.2) is 4.79 Å². The van der Waals surface area contributed by atoms with E-state index in [1.54, 1.807) is 25.3 Å². The highest BCUT2D eigenvalue weighted by molar-refractivity contribution is 5.98. The summed E-state index contributed by atoms with van der Waals surface area (Å²) in [6.07, 6.45) is 0. The molecular formula is C31H24O5. The number of rotatable bonds is 7. The van der Waals surface area contributed by atoms with Gasteiger partial charge in [0, 0.05) is 22.6 Å². The first-order chi connectivity index (χ1) is 17.5. The van der Waals surface area contributed by atoms with Crippen molar-refractivity contribution in [3.05, 3.63) is 119 Å². The van der Waals surface area contributed by atoms with E-state index in [1.165, 1.54) is 6.07 Å². The number of hydrogen-bond donors (Lipinski definition) is 0. The maximum Gasteiger partial charge on any atom is 0.336 e. The van der Waals surface area contributed by atoms with E-state index in [0.717, 1.165) is 33.4 Å². The quantitative estimate of drug-likeness (QED) is 0.193. The Morgan fingerprint density at radius 2 is 1.47 bits per heavy atom. The molecule has 0 spiro atoms. The molecule has 0 saturated carbocycles. The number of ether oxygens (including phenoxy) is 2. The van der Waals surface area contributed by atoms with Gasteiger partial charge in [-0.15, -0.1) is 0 Å². The van der Waals surface area contributed by atoms with Crippen molar-refractivity contribution in [3.8, 4) is 33.8 Å². The third kappa shape index (κ3) is 4.64. The normalized spacial score (nSPS) is 10.8. The second kappa shape index (κ2) is 9.92. The largest absolute Gasteiger partial charge is 0.497 e. The smallest absolute Gasteiger partial charge is 0.336 e. The summed E-state index contributed by atoms with van der Waals surface area (Å²) in [5.74, 6) is 1.09. The molecule has 0 saturated heterocycles. The van der Waals surface area contributed by atoms with Crippen molar-refractivity contribution >= 4 is 16.8 Å². The highest BCUT2D eigenvalue weighted by atomic mass is 16.5. The molecule has 0 amide bonds. The van der Waals surface area contributed by atoms with E-state index in [-0.39, 0.29) is 12.4 Å². The minimum atomic E-state index is -0.455. The summed E-state index contributed by atoms with van der Waals surface area (Å²) in [6, 6.07) is 30.1. The van der Waals surface area contributed by atoms with Gasteiger partial charge in [0.1, 0.15) is 17.1 Å². The van der Waals surface area contributed by atoms with Crippen molar-refractivity contribution < 1.29 is 18.7 Å². The SMILES string of the molecule is COc1ccc(-c2cc(=O)oc3c(C)c(OCC(=O)c4ccc(-c5ccccc5)cc4)ccc23)cc1. The zero-order valence-electron chi connectivity index (χ0n) is 20.0. The second-order valence-corrected chi connectivity index (χ2v) is 8.43. The van der Waals surface area contributed by atoms with E-state index in [2.05, 4.69) is 0 Å². The van der Waals surface area contributed by atoms with Crippen LogP contribution in [0.1, 0.15) is 15.9 Å². The van der Waals surface area contributed by atoms with Crippen LogP contribution in [-0.4, -0.2) is 19.5 Å². The van der Waals surface area contributed by atoms with Crippen molar-refractivity contribution in [2.75, 3.05) is 13.7 Å². The van der Waals surface area contributed by atoms with E-state index >= 15 is 0 Å². The summed E-state index contributed by atoms with van der Waals surface area (Å²) in [4.78, 5) is 25.1. The van der Waals surface area contributed by atoms with Gasteiger partial charge in [-0.3, -0.25) is 4.79 Å². The number of hydrogen-bond acceptors (Lipinski definition) is 5. The molecule has 0 atom stereocenters. The number of carbonyl (C=O) groups is 1. The average Bonchev–Trinajstić information content (AvgIpc) is 2.93. The first-order valence-corrected chi connectivity index (χ1v) is 11.6. The topological polar surface area (TPSA) is 65.7 Å². The summed E-state index contributed by atoms with van der Waals surface area (Å²) in [5.41, 5.74) is 4.97. The van der Waals surface area contributed by atoms with E-state index in [0.29, 0.717) is 22.5 Å². The number of Topliss-reactive ketones (excluding diaryl/α,β-unsaturated/α-hetero) is 1. The van der Waals surface area contributed by atoms with Crippen LogP contribution in [0.4, 0.5) is 0 Å². The lowest BCUT2D eigenvalue weighted by Gasteiger charge is -2.13. The molecule has 36 heavy (non-hydrogen) atoms. The summed E-state index contributed by atoms with van der Waals surface area (Å²) >= 11 is 0. The van der Waals surface area contributed by atoms with Crippen LogP contribution in [0.3, 0.4) is 0 Å². The Morgan fingerprint density at radius 3 is 2.17 bits per heavy atom. The monoisotopic (exact) mass is 476 g/mol. The lowest BCUT2D eigenvalue weighted by atomic mass is 10.00. The highest BCUT2D eigenvalue weighted by Crippen LogP contribution is 2.33. The second-order valence-electron chi connectivity index (χ2n) is 8.43. The molecule has 178 valence electrons. The van der Waals surface area contributed by atoms with Crippen LogP contribution >= 0.6 is 0 Å². The third-order valence-corrected chi connectivity index (χ3v) is 6.18. The standard InChI is InChI=1S/C31H24O5/c1-20-29(35-19-28(32)24-10-8-22(9-11-24)21-6-4-3-5-7-21)17-16-26-27(18-30(33)36-31(20)26)23-12-14-25(34-2)15-13-23/h3-18H,19H2,1-2H3. The molecule has 1 heterocycles. The molecule has 0 radical (unpaired) electrons. The minimum absolute atomic E-state index is 0.126. The number of carbonyl (C=O) groups excluding carboxylic acids is 1. The van der Waals surface area contributed by atoms with Gasteiger partial charge < -0.3 is 13.9 Å². The van der Waals surface area contributed by atoms with Gasteiger partial charge in [-0.05, 0) is 53.4 Å². The van der Waals surface area contributed by atoms with Crippen LogP contribution in [0.5, 0.6) is 11.5 Å². The lowest BCUT2D eigenvalue weighted by molar-refractivity contribution is 0.0921. The summed E-state index contributed by atoms with van der Waals surface area (Å²) < 4.78 is 16.6. The van der Waals surface area contributed by atoms with Gasteiger partial charge in [-0.2, -0.15) is 0 Å². The number of ketones is 1. The Morgan fingerprint density at radius 1 is 0.806 bits per heavy atom. The number of benzene rings is 4. The van der Waals surface area contributed by atoms with Crippen LogP contribution in [-0.2, 0) is 0 Å². The number of methoxy groups -OCH3 is 1. The van der Waals surface area contributed by atoms with Crippen molar-refractivity contribution in [1.29, 1.82) is 0 Å². The third-order valence-electron chi connectivity index (χ3n) is 6.18. The highest BCUT2D eigenvalue weighted by Gasteiger charge is 2.15. The Bertz CT molecular complexity index is 1580. The van der Waals surface area contributed by atoms with Crippen molar-refractivity contribution in [2.24, 2.45) is 0 Å². The molecule has 0 aliphatic carbocycles. The maximum atomic E-state index is 12.8. The van der Waals surface area contributed by atoms with Gasteiger partial charge in [0.25, 0.3) is 0 Å². The van der Waals surface area contributed by atoms with Crippen LogP contribution in [0.2, 0.25) is 0 Å². The van der Waals surface area contributed by atoms with E-state index in [9.17, 15) is 9.59 Å². The van der Waals surface area contributed by atoms with Crippen molar-refractivity contribution in [2.45, 2.75) is 6.92 Å². The van der Waals surface area contributed by atoms with Crippen LogP contribution < -0.4 is 15.1 Å². The van der Waals surface area contributed by atoms with Crippen molar-refractivity contribution in [3.63, 3.8) is 0 Å². The molecule has 0 aliphatic heterocycles. The van der Waals surface area contributed by atoms with Gasteiger partial charge in [0.05, 0.1) is 7.11 Å². The van der Waals surface area contributed by atoms with Gasteiger partial charge >= 0.3 is 5.63 Å². The Kier molecular flexibility index (Phi) is 6.37. The molecule has 0 unspecified atom stereocenters. The van der Waals surface area contributed by atoms with Crippen LogP contribution in [0.25, 0.3) is 33.2 Å². The fraction of sp³-hybridized carbons (Fsp3) is 0.0968. The average molecular weight is 477 g/mol. The molecule has 5 aromatic rings. The minimum Gasteiger partial charge on any atom is -0.497 e. The number of fused-ring (bicyclic) bond motifs is 1. The fourth-order valence-corrected chi connectivity index (χ4v) is 4.21. The summed E-state index contributed by atoms with van der Waals surface area (Å²) in [5, 5.41) is 0.785. The molecule has 5 rings (SSSR count). The molecule has 0 aliphatic rings. The van der Waals surface area contributed by atoms with Crippen LogP contribution in [0, 0.1) is 6.92 Å². The predicted molar refractivity (Wildman–Crippen MR) is 141 cm³/mol.